The summed E-state index contributed by atoms with van der Waals surface area (Å²) >= 11 is 0. The SMILES string of the molecule is CC(C)n1nccc1NC(=O)[C@@H](C#N)c1nnc2n1CCCCC2. The Morgan fingerprint density at radius 3 is 2.92 bits per heavy atom. The first-order chi connectivity index (χ1) is 11.6. The fraction of sp³-hybridized carbons (Fsp3) is 0.562. The van der Waals surface area contributed by atoms with E-state index in [0.717, 1.165) is 38.1 Å². The summed E-state index contributed by atoms with van der Waals surface area (Å²) in [4.78, 5) is 12.6. The third-order valence-corrected chi connectivity index (χ3v) is 4.20. The number of rotatable bonds is 4. The minimum Gasteiger partial charge on any atom is -0.313 e. The lowest BCUT2D eigenvalue weighted by Crippen LogP contribution is -2.25. The summed E-state index contributed by atoms with van der Waals surface area (Å²) in [5.74, 6) is 0.482. The number of aromatic nitrogens is 5. The zero-order valence-electron chi connectivity index (χ0n) is 13.9. The van der Waals surface area contributed by atoms with Crippen LogP contribution in [0.1, 0.15) is 56.7 Å². The van der Waals surface area contributed by atoms with Crippen molar-refractivity contribution in [3.05, 3.63) is 23.9 Å². The van der Waals surface area contributed by atoms with Crippen molar-refractivity contribution < 1.29 is 4.79 Å². The number of hydrogen-bond acceptors (Lipinski definition) is 5. The van der Waals surface area contributed by atoms with Gasteiger partial charge in [0.15, 0.2) is 11.7 Å². The standard InChI is InChI=1S/C16H21N7O/c1-11(2)23-13(7-8-18-23)19-16(24)12(10-17)15-21-20-14-6-4-3-5-9-22(14)15/h7-8,11-12H,3-6,9H2,1-2H3,(H,19,24)/t12-/m0/s1. The van der Waals surface area contributed by atoms with Crippen molar-refractivity contribution in [2.75, 3.05) is 5.32 Å². The van der Waals surface area contributed by atoms with E-state index in [1.807, 2.05) is 18.4 Å². The van der Waals surface area contributed by atoms with Gasteiger partial charge in [0.1, 0.15) is 11.6 Å². The van der Waals surface area contributed by atoms with E-state index < -0.39 is 11.8 Å². The number of fused-ring (bicyclic) bond motifs is 1. The number of nitrogens with one attached hydrogen (secondary N) is 1. The average Bonchev–Trinajstić information content (AvgIpc) is 3.10. The fourth-order valence-electron chi connectivity index (χ4n) is 2.98. The highest BCUT2D eigenvalue weighted by Crippen LogP contribution is 2.22. The number of anilines is 1. The summed E-state index contributed by atoms with van der Waals surface area (Å²) in [5, 5.41) is 24.8. The lowest BCUT2D eigenvalue weighted by molar-refractivity contribution is -0.116. The van der Waals surface area contributed by atoms with Gasteiger partial charge in [-0.15, -0.1) is 10.2 Å². The minimum atomic E-state index is -0.986. The van der Waals surface area contributed by atoms with E-state index in [2.05, 4.69) is 26.7 Å². The van der Waals surface area contributed by atoms with Gasteiger partial charge in [0.2, 0.25) is 0 Å². The molecule has 8 heteroatoms. The normalized spacial score (nSPS) is 15.4. The molecule has 1 aliphatic heterocycles. The van der Waals surface area contributed by atoms with Crippen LogP contribution >= 0.6 is 0 Å². The monoisotopic (exact) mass is 327 g/mol. The fourth-order valence-corrected chi connectivity index (χ4v) is 2.98. The second-order valence-corrected chi connectivity index (χ2v) is 6.24. The Hall–Kier alpha value is -2.69. The molecule has 3 rings (SSSR count). The predicted molar refractivity (Wildman–Crippen MR) is 87.2 cm³/mol. The third kappa shape index (κ3) is 3.02. The molecule has 8 nitrogen and oxygen atoms in total. The molecule has 24 heavy (non-hydrogen) atoms. The van der Waals surface area contributed by atoms with Gasteiger partial charge in [-0.2, -0.15) is 10.4 Å². The molecule has 0 saturated heterocycles. The molecule has 0 fully saturated rings. The predicted octanol–water partition coefficient (Wildman–Crippen LogP) is 2.03. The van der Waals surface area contributed by atoms with Gasteiger partial charge in [-0.25, -0.2) is 4.68 Å². The van der Waals surface area contributed by atoms with E-state index in [4.69, 9.17) is 0 Å². The van der Waals surface area contributed by atoms with Crippen molar-refractivity contribution in [1.29, 1.82) is 5.26 Å². The molecule has 0 unspecified atom stereocenters. The van der Waals surface area contributed by atoms with Crippen LogP contribution in [0.4, 0.5) is 5.82 Å². The number of carbonyl (C=O) groups excluding carboxylic acids is 1. The summed E-state index contributed by atoms with van der Waals surface area (Å²) in [6.07, 6.45) is 5.67. The maximum atomic E-state index is 12.6. The van der Waals surface area contributed by atoms with Crippen molar-refractivity contribution >= 4 is 11.7 Å². The summed E-state index contributed by atoms with van der Waals surface area (Å²) < 4.78 is 3.64. The first kappa shape index (κ1) is 16.2. The van der Waals surface area contributed by atoms with Gasteiger partial charge in [-0.1, -0.05) is 6.42 Å². The first-order valence-electron chi connectivity index (χ1n) is 8.27. The van der Waals surface area contributed by atoms with E-state index >= 15 is 0 Å². The van der Waals surface area contributed by atoms with E-state index in [1.54, 1.807) is 16.9 Å². The van der Waals surface area contributed by atoms with Crippen molar-refractivity contribution in [1.82, 2.24) is 24.5 Å². The number of hydrogen-bond donors (Lipinski definition) is 1. The number of aryl methyl sites for hydroxylation is 1. The van der Waals surface area contributed by atoms with Crippen molar-refractivity contribution in [2.45, 2.75) is 58.0 Å². The number of nitriles is 1. The highest BCUT2D eigenvalue weighted by molar-refractivity contribution is 5.96. The smallest absolute Gasteiger partial charge is 0.250 e. The largest absolute Gasteiger partial charge is 0.313 e. The van der Waals surface area contributed by atoms with Gasteiger partial charge < -0.3 is 9.88 Å². The van der Waals surface area contributed by atoms with Crippen LogP contribution in [-0.4, -0.2) is 30.5 Å². The molecule has 1 atom stereocenters. The molecule has 1 aliphatic rings. The zero-order valence-corrected chi connectivity index (χ0v) is 13.9. The van der Waals surface area contributed by atoms with E-state index in [-0.39, 0.29) is 6.04 Å². The highest BCUT2D eigenvalue weighted by atomic mass is 16.2. The second-order valence-electron chi connectivity index (χ2n) is 6.24. The van der Waals surface area contributed by atoms with Crippen molar-refractivity contribution in [2.24, 2.45) is 0 Å². The average molecular weight is 327 g/mol. The minimum absolute atomic E-state index is 0.111. The van der Waals surface area contributed by atoms with E-state index in [0.29, 0.717) is 11.6 Å². The van der Waals surface area contributed by atoms with Crippen molar-refractivity contribution in [3.8, 4) is 6.07 Å². The molecule has 0 aliphatic carbocycles. The lowest BCUT2D eigenvalue weighted by Gasteiger charge is -2.14. The van der Waals surface area contributed by atoms with Crippen LogP contribution in [-0.2, 0) is 17.8 Å². The maximum Gasteiger partial charge on any atom is 0.250 e. The van der Waals surface area contributed by atoms with Crippen LogP contribution in [0.25, 0.3) is 0 Å². The van der Waals surface area contributed by atoms with Crippen LogP contribution in [0.15, 0.2) is 12.3 Å². The van der Waals surface area contributed by atoms with Gasteiger partial charge >= 0.3 is 0 Å². The molecule has 2 aromatic heterocycles. The Labute approximate surface area is 140 Å². The Kier molecular flexibility index (Phi) is 4.60. The van der Waals surface area contributed by atoms with E-state index in [9.17, 15) is 10.1 Å². The summed E-state index contributed by atoms with van der Waals surface area (Å²) in [6.45, 7) is 4.71. The molecule has 0 bridgehead atoms. The Balaban J connectivity index is 1.84. The molecular weight excluding hydrogens is 306 g/mol. The Morgan fingerprint density at radius 1 is 1.33 bits per heavy atom. The first-order valence-corrected chi connectivity index (χ1v) is 8.27. The number of amides is 1. The Morgan fingerprint density at radius 2 is 2.17 bits per heavy atom. The van der Waals surface area contributed by atoms with Gasteiger partial charge in [-0.05, 0) is 26.7 Å². The molecular formula is C16H21N7O. The quantitative estimate of drug-likeness (QED) is 0.925. The molecule has 0 aromatic carbocycles. The van der Waals surface area contributed by atoms with Gasteiger partial charge in [0, 0.05) is 25.1 Å². The number of nitrogens with zero attached hydrogens (tertiary/aromatic N) is 6. The summed E-state index contributed by atoms with van der Waals surface area (Å²) in [7, 11) is 0. The van der Waals surface area contributed by atoms with Crippen LogP contribution in [0.3, 0.4) is 0 Å². The second kappa shape index (κ2) is 6.83. The molecule has 126 valence electrons. The zero-order chi connectivity index (χ0) is 17.1. The molecule has 1 N–H and O–H groups in total. The van der Waals surface area contributed by atoms with Crippen LogP contribution in [0.5, 0.6) is 0 Å². The van der Waals surface area contributed by atoms with Crippen molar-refractivity contribution in [3.63, 3.8) is 0 Å². The molecule has 0 saturated carbocycles. The summed E-state index contributed by atoms with van der Waals surface area (Å²) in [6, 6.07) is 3.90. The highest BCUT2D eigenvalue weighted by Gasteiger charge is 2.29. The topological polar surface area (TPSA) is 101 Å². The van der Waals surface area contributed by atoms with Gasteiger partial charge in [0.05, 0.1) is 12.3 Å². The van der Waals surface area contributed by atoms with Crippen LogP contribution in [0.2, 0.25) is 0 Å². The third-order valence-electron chi connectivity index (χ3n) is 4.20. The number of carbonyl (C=O) groups is 1. The van der Waals surface area contributed by atoms with E-state index in [1.165, 1.54) is 0 Å². The molecule has 3 heterocycles. The van der Waals surface area contributed by atoms with Gasteiger partial charge in [-0.3, -0.25) is 4.79 Å². The van der Waals surface area contributed by atoms with Crippen LogP contribution < -0.4 is 5.32 Å². The lowest BCUT2D eigenvalue weighted by atomic mass is 10.1. The van der Waals surface area contributed by atoms with Crippen LogP contribution in [0, 0.1) is 11.3 Å². The molecule has 1 amide bonds. The molecule has 2 aromatic rings. The maximum absolute atomic E-state index is 12.6. The Bertz CT molecular complexity index is 768. The molecule has 0 spiro atoms. The van der Waals surface area contributed by atoms with Gasteiger partial charge in [0.25, 0.3) is 5.91 Å². The summed E-state index contributed by atoms with van der Waals surface area (Å²) in [5.41, 5.74) is 0. The molecule has 0 radical (unpaired) electrons.